The van der Waals surface area contributed by atoms with E-state index in [0.29, 0.717) is 19.3 Å². The highest BCUT2D eigenvalue weighted by atomic mass is 16.4. The van der Waals surface area contributed by atoms with E-state index in [2.05, 4.69) is 6.92 Å². The molecule has 5 heteroatoms. The minimum Gasteiger partial charge on any atom is -0.481 e. The molecule has 0 aromatic carbocycles. The molecule has 1 rings (SSSR count). The number of rotatable bonds is 14. The fraction of sp³-hybridized carbons (Fsp3) is 0.950. The molecule has 0 radical (unpaired) electrons. The summed E-state index contributed by atoms with van der Waals surface area (Å²) in [5.41, 5.74) is 0. The van der Waals surface area contributed by atoms with Crippen molar-refractivity contribution in [3.8, 4) is 0 Å². The summed E-state index contributed by atoms with van der Waals surface area (Å²) in [6.45, 7) is 2.15. The Kier molecular flexibility index (Phi) is 11.3. The second-order valence-electron chi connectivity index (χ2n) is 7.77. The van der Waals surface area contributed by atoms with Crippen molar-refractivity contribution in [1.29, 1.82) is 0 Å². The molecular weight excluding hydrogens is 320 g/mol. The molecule has 0 aliphatic heterocycles. The number of unbranched alkanes of at least 4 members (excludes halogenated alkanes) is 5. The van der Waals surface area contributed by atoms with Crippen molar-refractivity contribution in [2.24, 2.45) is 11.8 Å². The largest absolute Gasteiger partial charge is 0.481 e. The van der Waals surface area contributed by atoms with Crippen molar-refractivity contribution in [2.45, 2.75) is 109 Å². The molecule has 0 spiro atoms. The molecule has 0 aromatic heterocycles. The molecule has 5 atom stereocenters. The van der Waals surface area contributed by atoms with Crippen LogP contribution in [-0.4, -0.2) is 44.7 Å². The highest BCUT2D eigenvalue weighted by Gasteiger charge is 2.40. The van der Waals surface area contributed by atoms with Gasteiger partial charge in [0.2, 0.25) is 0 Å². The second kappa shape index (κ2) is 12.7. The Bertz CT molecular complexity index is 360. The van der Waals surface area contributed by atoms with Gasteiger partial charge >= 0.3 is 5.97 Å². The molecule has 0 bridgehead atoms. The van der Waals surface area contributed by atoms with Gasteiger partial charge in [-0.25, -0.2) is 0 Å². The van der Waals surface area contributed by atoms with Crippen LogP contribution in [0.4, 0.5) is 0 Å². The van der Waals surface area contributed by atoms with Gasteiger partial charge in [-0.15, -0.1) is 0 Å². The summed E-state index contributed by atoms with van der Waals surface area (Å²) in [5.74, 6) is -0.556. The first-order valence-corrected chi connectivity index (χ1v) is 10.2. The van der Waals surface area contributed by atoms with Crippen LogP contribution in [0, 0.1) is 11.8 Å². The second-order valence-corrected chi connectivity index (χ2v) is 7.77. The average Bonchev–Trinajstić information content (AvgIpc) is 2.82. The number of carboxylic acids is 1. The van der Waals surface area contributed by atoms with E-state index in [1.54, 1.807) is 0 Å². The fourth-order valence-corrected chi connectivity index (χ4v) is 4.15. The van der Waals surface area contributed by atoms with E-state index in [-0.39, 0.29) is 24.4 Å². The molecule has 0 aromatic rings. The molecule has 1 aliphatic rings. The first kappa shape index (κ1) is 22.4. The Hall–Kier alpha value is -0.650. The summed E-state index contributed by atoms with van der Waals surface area (Å²) < 4.78 is 0. The Labute approximate surface area is 152 Å². The number of aliphatic hydroxyl groups is 3. The average molecular weight is 359 g/mol. The molecule has 5 unspecified atom stereocenters. The number of carboxylic acid groups (broad SMARTS) is 1. The zero-order valence-corrected chi connectivity index (χ0v) is 15.8. The summed E-state index contributed by atoms with van der Waals surface area (Å²) in [6, 6.07) is 0. The van der Waals surface area contributed by atoms with Crippen LogP contribution in [0.15, 0.2) is 0 Å². The van der Waals surface area contributed by atoms with Crippen molar-refractivity contribution in [2.75, 3.05) is 0 Å². The highest BCUT2D eigenvalue weighted by Crippen LogP contribution is 2.39. The molecular formula is C20H38O5. The lowest BCUT2D eigenvalue weighted by atomic mass is 9.84. The van der Waals surface area contributed by atoms with Crippen molar-refractivity contribution >= 4 is 5.97 Å². The third kappa shape index (κ3) is 9.02. The summed E-state index contributed by atoms with van der Waals surface area (Å²) in [4.78, 5) is 10.5. The van der Waals surface area contributed by atoms with Crippen LogP contribution in [-0.2, 0) is 4.79 Å². The SMILES string of the molecule is CCCCCC(O)CCC1C(O)CC(O)C1CCCCCCC(=O)O. The molecule has 1 aliphatic carbocycles. The van der Waals surface area contributed by atoms with Crippen LogP contribution in [0.5, 0.6) is 0 Å². The van der Waals surface area contributed by atoms with E-state index < -0.39 is 18.2 Å². The van der Waals surface area contributed by atoms with Gasteiger partial charge in [-0.05, 0) is 50.4 Å². The van der Waals surface area contributed by atoms with Crippen LogP contribution in [0.1, 0.15) is 90.4 Å². The molecule has 25 heavy (non-hydrogen) atoms. The third-order valence-corrected chi connectivity index (χ3v) is 5.67. The van der Waals surface area contributed by atoms with E-state index in [9.17, 15) is 20.1 Å². The van der Waals surface area contributed by atoms with E-state index in [4.69, 9.17) is 5.11 Å². The van der Waals surface area contributed by atoms with Crippen LogP contribution < -0.4 is 0 Å². The zero-order chi connectivity index (χ0) is 18.7. The number of hydrogen-bond acceptors (Lipinski definition) is 4. The Morgan fingerprint density at radius 1 is 0.920 bits per heavy atom. The maximum Gasteiger partial charge on any atom is 0.303 e. The van der Waals surface area contributed by atoms with Crippen LogP contribution in [0.2, 0.25) is 0 Å². The lowest BCUT2D eigenvalue weighted by Crippen LogP contribution is -2.24. The van der Waals surface area contributed by atoms with Gasteiger partial charge in [-0.2, -0.15) is 0 Å². The predicted molar refractivity (Wildman–Crippen MR) is 98.3 cm³/mol. The third-order valence-electron chi connectivity index (χ3n) is 5.67. The molecule has 0 heterocycles. The highest BCUT2D eigenvalue weighted by molar-refractivity contribution is 5.66. The van der Waals surface area contributed by atoms with Gasteiger partial charge in [0, 0.05) is 6.42 Å². The monoisotopic (exact) mass is 358 g/mol. The fourth-order valence-electron chi connectivity index (χ4n) is 4.15. The van der Waals surface area contributed by atoms with Crippen LogP contribution in [0.25, 0.3) is 0 Å². The van der Waals surface area contributed by atoms with E-state index in [1.807, 2.05) is 0 Å². The van der Waals surface area contributed by atoms with Gasteiger partial charge < -0.3 is 20.4 Å². The minimum absolute atomic E-state index is 0.0786. The minimum atomic E-state index is -0.744. The number of hydrogen-bond donors (Lipinski definition) is 4. The van der Waals surface area contributed by atoms with Gasteiger partial charge in [-0.3, -0.25) is 4.79 Å². The number of aliphatic carboxylic acids is 1. The maximum atomic E-state index is 10.5. The summed E-state index contributed by atoms with van der Waals surface area (Å²) in [6.07, 6.45) is 9.52. The Balaban J connectivity index is 2.28. The quantitative estimate of drug-likeness (QED) is 0.356. The molecule has 1 fully saturated rings. The summed E-state index contributed by atoms with van der Waals surface area (Å²) >= 11 is 0. The van der Waals surface area contributed by atoms with E-state index in [1.165, 1.54) is 0 Å². The summed E-state index contributed by atoms with van der Waals surface area (Å²) in [7, 11) is 0. The lowest BCUT2D eigenvalue weighted by molar-refractivity contribution is -0.137. The van der Waals surface area contributed by atoms with Crippen LogP contribution >= 0.6 is 0 Å². The molecule has 5 nitrogen and oxygen atoms in total. The first-order valence-electron chi connectivity index (χ1n) is 10.2. The van der Waals surface area contributed by atoms with Crippen LogP contribution in [0.3, 0.4) is 0 Å². The van der Waals surface area contributed by atoms with E-state index in [0.717, 1.165) is 57.8 Å². The van der Waals surface area contributed by atoms with Crippen molar-refractivity contribution in [1.82, 2.24) is 0 Å². The number of carbonyl (C=O) groups is 1. The standard InChI is InChI=1S/C20H38O5/c1-2-3-6-9-15(21)12-13-17-16(18(22)14-19(17)23)10-7-4-5-8-11-20(24)25/h15-19,21-23H,2-14H2,1H3,(H,24,25). The van der Waals surface area contributed by atoms with Gasteiger partial charge in [0.1, 0.15) is 0 Å². The Morgan fingerprint density at radius 2 is 1.56 bits per heavy atom. The lowest BCUT2D eigenvalue weighted by Gasteiger charge is -2.24. The molecule has 0 amide bonds. The normalized spacial score (nSPS) is 27.5. The van der Waals surface area contributed by atoms with Gasteiger partial charge in [0.15, 0.2) is 0 Å². The summed E-state index contributed by atoms with van der Waals surface area (Å²) in [5, 5.41) is 39.2. The molecule has 0 saturated heterocycles. The Morgan fingerprint density at radius 3 is 2.20 bits per heavy atom. The predicted octanol–water partition coefficient (Wildman–Crippen LogP) is 3.49. The molecule has 4 N–H and O–H groups in total. The number of aliphatic hydroxyl groups excluding tert-OH is 3. The van der Waals surface area contributed by atoms with Gasteiger partial charge in [0.25, 0.3) is 0 Å². The van der Waals surface area contributed by atoms with Crippen molar-refractivity contribution in [3.63, 3.8) is 0 Å². The molecule has 148 valence electrons. The van der Waals surface area contributed by atoms with Gasteiger partial charge in [-0.1, -0.05) is 45.4 Å². The topological polar surface area (TPSA) is 98.0 Å². The van der Waals surface area contributed by atoms with Crippen molar-refractivity contribution in [3.05, 3.63) is 0 Å². The van der Waals surface area contributed by atoms with Gasteiger partial charge in [0.05, 0.1) is 18.3 Å². The first-order chi connectivity index (χ1) is 12.0. The zero-order valence-electron chi connectivity index (χ0n) is 15.8. The maximum absolute atomic E-state index is 10.5. The molecule has 1 saturated carbocycles. The van der Waals surface area contributed by atoms with E-state index >= 15 is 0 Å². The van der Waals surface area contributed by atoms with Crippen molar-refractivity contribution < 1.29 is 25.2 Å². The smallest absolute Gasteiger partial charge is 0.303 e.